The Balaban J connectivity index is 1.90. The quantitative estimate of drug-likeness (QED) is 0.838. The number of aromatic amines is 1. The molecule has 1 aliphatic rings. The highest BCUT2D eigenvalue weighted by atomic mass is 19.4. The van der Waals surface area contributed by atoms with Gasteiger partial charge in [0.05, 0.1) is 6.42 Å². The van der Waals surface area contributed by atoms with Gasteiger partial charge in [-0.1, -0.05) is 0 Å². The molecule has 0 atom stereocenters. The van der Waals surface area contributed by atoms with E-state index in [-0.39, 0.29) is 24.6 Å². The van der Waals surface area contributed by atoms with Crippen LogP contribution in [0.15, 0.2) is 10.9 Å². The van der Waals surface area contributed by atoms with Crippen LogP contribution < -0.4 is 16.2 Å². The highest BCUT2D eigenvalue weighted by molar-refractivity contribution is 5.76. The van der Waals surface area contributed by atoms with E-state index in [1.54, 1.807) is 4.90 Å². The predicted octanol–water partition coefficient (Wildman–Crippen LogP) is 0.343. The maximum Gasteiger partial charge on any atom is 0.389 e. The minimum absolute atomic E-state index is 0.00816. The lowest BCUT2D eigenvalue weighted by Gasteiger charge is -2.35. The molecule has 1 saturated heterocycles. The van der Waals surface area contributed by atoms with Crippen LogP contribution >= 0.6 is 0 Å². The van der Waals surface area contributed by atoms with Crippen LogP contribution in [-0.2, 0) is 4.79 Å². The monoisotopic (exact) mass is 319 g/mol. The number of H-pyrrole nitrogens is 1. The second kappa shape index (κ2) is 6.24. The summed E-state index contributed by atoms with van der Waals surface area (Å²) in [5.74, 6) is -0.134. The Hall–Kier alpha value is -2.26. The standard InChI is InChI=1S/C12H16F3N5O2/c13-12(14,15)2-1-10(22)20-5-3-19(4-6-20)8-7-9(21)18-11(16)17-8/h7H,1-6H2,(H3,16,17,18,21). The summed E-state index contributed by atoms with van der Waals surface area (Å²) in [4.78, 5) is 32.5. The molecule has 0 aliphatic carbocycles. The smallest absolute Gasteiger partial charge is 0.369 e. The summed E-state index contributed by atoms with van der Waals surface area (Å²) in [5.41, 5.74) is 5.07. The summed E-state index contributed by atoms with van der Waals surface area (Å²) >= 11 is 0. The molecule has 1 amide bonds. The van der Waals surface area contributed by atoms with Crippen LogP contribution in [0.5, 0.6) is 0 Å². The van der Waals surface area contributed by atoms with Crippen molar-refractivity contribution in [2.75, 3.05) is 36.8 Å². The van der Waals surface area contributed by atoms with Gasteiger partial charge < -0.3 is 15.5 Å². The molecule has 7 nitrogen and oxygen atoms in total. The number of carbonyl (C=O) groups excluding carboxylic acids is 1. The first kappa shape index (κ1) is 16.1. The number of nitrogen functional groups attached to an aromatic ring is 1. The summed E-state index contributed by atoms with van der Waals surface area (Å²) in [5, 5.41) is 0. The number of alkyl halides is 3. The molecule has 1 aliphatic heterocycles. The Morgan fingerprint density at radius 2 is 1.95 bits per heavy atom. The summed E-state index contributed by atoms with van der Waals surface area (Å²) in [6.07, 6.45) is -5.98. The number of hydrogen-bond donors (Lipinski definition) is 2. The van der Waals surface area contributed by atoms with Crippen LogP contribution in [0, 0.1) is 0 Å². The fourth-order valence-corrected chi connectivity index (χ4v) is 2.22. The number of rotatable bonds is 3. The molecule has 0 spiro atoms. The van der Waals surface area contributed by atoms with Crippen molar-refractivity contribution in [2.45, 2.75) is 19.0 Å². The van der Waals surface area contributed by atoms with E-state index >= 15 is 0 Å². The van der Waals surface area contributed by atoms with Crippen LogP contribution in [0.1, 0.15) is 12.8 Å². The molecule has 122 valence electrons. The Labute approximate surface area is 123 Å². The second-order valence-electron chi connectivity index (χ2n) is 4.97. The zero-order valence-corrected chi connectivity index (χ0v) is 11.7. The van der Waals surface area contributed by atoms with Crippen LogP contribution in [0.25, 0.3) is 0 Å². The molecule has 2 heterocycles. The third-order valence-corrected chi connectivity index (χ3v) is 3.33. The summed E-state index contributed by atoms with van der Waals surface area (Å²) in [6.45, 7) is 1.33. The van der Waals surface area contributed by atoms with Gasteiger partial charge in [0, 0.05) is 38.7 Å². The number of amides is 1. The van der Waals surface area contributed by atoms with Crippen molar-refractivity contribution in [3.8, 4) is 0 Å². The van der Waals surface area contributed by atoms with E-state index < -0.39 is 24.9 Å². The minimum atomic E-state index is -4.33. The molecule has 22 heavy (non-hydrogen) atoms. The van der Waals surface area contributed by atoms with Crippen molar-refractivity contribution in [2.24, 2.45) is 0 Å². The molecule has 0 radical (unpaired) electrons. The van der Waals surface area contributed by atoms with Gasteiger partial charge in [0.25, 0.3) is 5.56 Å². The first-order valence-electron chi connectivity index (χ1n) is 6.71. The predicted molar refractivity (Wildman–Crippen MR) is 73.4 cm³/mol. The van der Waals surface area contributed by atoms with Gasteiger partial charge in [0.2, 0.25) is 11.9 Å². The third kappa shape index (κ3) is 4.37. The second-order valence-corrected chi connectivity index (χ2v) is 4.97. The summed E-state index contributed by atoms with van der Waals surface area (Å²) in [7, 11) is 0. The summed E-state index contributed by atoms with van der Waals surface area (Å²) in [6, 6.07) is 1.29. The molecule has 0 bridgehead atoms. The fraction of sp³-hybridized carbons (Fsp3) is 0.583. The molecule has 1 fully saturated rings. The highest BCUT2D eigenvalue weighted by Gasteiger charge is 2.30. The Kier molecular flexibility index (Phi) is 4.57. The van der Waals surface area contributed by atoms with E-state index in [9.17, 15) is 22.8 Å². The van der Waals surface area contributed by atoms with Crippen molar-refractivity contribution >= 4 is 17.7 Å². The van der Waals surface area contributed by atoms with Crippen molar-refractivity contribution in [3.05, 3.63) is 16.4 Å². The van der Waals surface area contributed by atoms with E-state index in [0.29, 0.717) is 18.9 Å². The molecule has 2 rings (SSSR count). The van der Waals surface area contributed by atoms with Gasteiger partial charge in [-0.05, 0) is 0 Å². The molecule has 0 unspecified atom stereocenters. The van der Waals surface area contributed by atoms with Crippen molar-refractivity contribution in [1.29, 1.82) is 0 Å². The van der Waals surface area contributed by atoms with Crippen LogP contribution in [0.2, 0.25) is 0 Å². The van der Waals surface area contributed by atoms with E-state index in [0.717, 1.165) is 0 Å². The SMILES string of the molecule is Nc1nc(N2CCN(C(=O)CCC(F)(F)F)CC2)cc(=O)[nH]1. The molecule has 1 aromatic rings. The van der Waals surface area contributed by atoms with Gasteiger partial charge in [-0.15, -0.1) is 0 Å². The average molecular weight is 319 g/mol. The first-order valence-corrected chi connectivity index (χ1v) is 6.71. The normalized spacial score (nSPS) is 16.0. The number of hydrogen-bond acceptors (Lipinski definition) is 5. The average Bonchev–Trinajstić information content (AvgIpc) is 2.43. The zero-order chi connectivity index (χ0) is 16.3. The lowest BCUT2D eigenvalue weighted by atomic mass is 10.2. The minimum Gasteiger partial charge on any atom is -0.369 e. The lowest BCUT2D eigenvalue weighted by Crippen LogP contribution is -2.49. The van der Waals surface area contributed by atoms with E-state index in [1.165, 1.54) is 11.0 Å². The number of nitrogens with zero attached hydrogens (tertiary/aromatic N) is 3. The highest BCUT2D eigenvalue weighted by Crippen LogP contribution is 2.22. The zero-order valence-electron chi connectivity index (χ0n) is 11.7. The number of carbonyl (C=O) groups is 1. The van der Waals surface area contributed by atoms with Crippen molar-refractivity contribution < 1.29 is 18.0 Å². The number of nitrogens with two attached hydrogens (primary N) is 1. The Bertz CT molecular complexity index is 593. The van der Waals surface area contributed by atoms with Gasteiger partial charge in [-0.25, -0.2) is 0 Å². The Morgan fingerprint density at radius 1 is 1.32 bits per heavy atom. The molecule has 0 aromatic carbocycles. The first-order chi connectivity index (χ1) is 10.2. The van der Waals surface area contributed by atoms with E-state index in [2.05, 4.69) is 9.97 Å². The number of anilines is 2. The van der Waals surface area contributed by atoms with Gasteiger partial charge >= 0.3 is 6.18 Å². The third-order valence-electron chi connectivity index (χ3n) is 3.33. The molecule has 3 N–H and O–H groups in total. The van der Waals surface area contributed by atoms with Gasteiger partial charge in [-0.3, -0.25) is 14.6 Å². The number of piperazine rings is 1. The van der Waals surface area contributed by atoms with Gasteiger partial charge in [0.15, 0.2) is 0 Å². The maximum absolute atomic E-state index is 12.1. The molecule has 0 saturated carbocycles. The molecule has 1 aromatic heterocycles. The van der Waals surface area contributed by atoms with Crippen LogP contribution in [0.4, 0.5) is 24.9 Å². The fourth-order valence-electron chi connectivity index (χ4n) is 2.22. The largest absolute Gasteiger partial charge is 0.389 e. The molecular weight excluding hydrogens is 303 g/mol. The Morgan fingerprint density at radius 3 is 2.50 bits per heavy atom. The van der Waals surface area contributed by atoms with Crippen molar-refractivity contribution in [1.82, 2.24) is 14.9 Å². The number of halogens is 3. The van der Waals surface area contributed by atoms with Crippen molar-refractivity contribution in [3.63, 3.8) is 0 Å². The van der Waals surface area contributed by atoms with Gasteiger partial charge in [-0.2, -0.15) is 18.2 Å². The van der Waals surface area contributed by atoms with Crippen LogP contribution in [0.3, 0.4) is 0 Å². The number of aromatic nitrogens is 2. The lowest BCUT2D eigenvalue weighted by molar-refractivity contribution is -0.149. The van der Waals surface area contributed by atoms with E-state index in [4.69, 9.17) is 5.73 Å². The van der Waals surface area contributed by atoms with Crippen LogP contribution in [-0.4, -0.2) is 53.1 Å². The molecular formula is C12H16F3N5O2. The van der Waals surface area contributed by atoms with Gasteiger partial charge in [0.1, 0.15) is 5.82 Å². The maximum atomic E-state index is 12.1. The summed E-state index contributed by atoms with van der Waals surface area (Å²) < 4.78 is 36.3. The molecule has 10 heteroatoms. The topological polar surface area (TPSA) is 95.3 Å². The van der Waals surface area contributed by atoms with E-state index in [1.807, 2.05) is 0 Å². The number of nitrogens with one attached hydrogen (secondary N) is 1.